The molecule has 0 aliphatic carbocycles. The lowest BCUT2D eigenvalue weighted by Crippen LogP contribution is -2.42. The van der Waals surface area contributed by atoms with Gasteiger partial charge in [-0.2, -0.15) is 0 Å². The summed E-state index contributed by atoms with van der Waals surface area (Å²) in [5.41, 5.74) is 2.21. The zero-order valence-corrected chi connectivity index (χ0v) is 26.9. The molecule has 8 nitrogen and oxygen atoms in total. The van der Waals surface area contributed by atoms with E-state index in [0.29, 0.717) is 22.4 Å². The third-order valence-corrected chi connectivity index (χ3v) is 9.33. The molecule has 3 N–H and O–H groups in total. The number of benzene rings is 6. The van der Waals surface area contributed by atoms with E-state index in [1.165, 1.54) is 24.3 Å². The molecule has 1 amide bonds. The summed E-state index contributed by atoms with van der Waals surface area (Å²) >= 11 is 6.20. The topological polar surface area (TPSA) is 122 Å². The van der Waals surface area contributed by atoms with Crippen LogP contribution in [0.2, 0.25) is 5.02 Å². The first-order valence-corrected chi connectivity index (χ1v) is 16.8. The van der Waals surface area contributed by atoms with Gasteiger partial charge in [-0.25, -0.2) is 13.2 Å². The average molecular weight is 677 g/mol. The number of para-hydroxylation sites is 2. The molecule has 6 aromatic carbocycles. The summed E-state index contributed by atoms with van der Waals surface area (Å²) in [7, 11) is -4.15. The summed E-state index contributed by atoms with van der Waals surface area (Å²) in [4.78, 5) is 25.8. The van der Waals surface area contributed by atoms with Gasteiger partial charge in [0.15, 0.2) is 0 Å². The number of hydrogen-bond donors (Lipinski definition) is 3. The Morgan fingerprint density at radius 3 is 2.23 bits per heavy atom. The smallest absolute Gasteiger partial charge is 0.326 e. The molecule has 0 aliphatic rings. The summed E-state index contributed by atoms with van der Waals surface area (Å²) in [6.07, 6.45) is -0.0266. The molecular weight excluding hydrogens is 648 g/mol. The minimum Gasteiger partial charge on any atom is -0.480 e. The van der Waals surface area contributed by atoms with E-state index in [9.17, 15) is 23.1 Å². The molecule has 0 aromatic heterocycles. The van der Waals surface area contributed by atoms with Crippen LogP contribution in [0.15, 0.2) is 144 Å². The van der Waals surface area contributed by atoms with Crippen molar-refractivity contribution in [1.29, 1.82) is 0 Å². The summed E-state index contributed by atoms with van der Waals surface area (Å²) in [6, 6.07) is 39.1. The number of hydrogen-bond acceptors (Lipinski definition) is 5. The van der Waals surface area contributed by atoms with Gasteiger partial charge in [-0.05, 0) is 59.0 Å². The number of carboxylic acids is 1. The average Bonchev–Trinajstić information content (AvgIpc) is 3.09. The Labute approximate surface area is 282 Å². The number of fused-ring (bicyclic) bond motifs is 1. The van der Waals surface area contributed by atoms with Crippen LogP contribution < -0.4 is 14.8 Å². The molecule has 6 aromatic rings. The molecule has 0 saturated carbocycles. The van der Waals surface area contributed by atoms with Crippen molar-refractivity contribution in [3.8, 4) is 22.6 Å². The van der Waals surface area contributed by atoms with Crippen molar-refractivity contribution < 1.29 is 27.9 Å². The van der Waals surface area contributed by atoms with Gasteiger partial charge in [0.05, 0.1) is 16.1 Å². The van der Waals surface area contributed by atoms with E-state index in [2.05, 4.69) is 10.0 Å². The van der Waals surface area contributed by atoms with Crippen LogP contribution >= 0.6 is 11.6 Å². The molecule has 0 spiro atoms. The Balaban J connectivity index is 1.20. The third kappa shape index (κ3) is 7.33. The van der Waals surface area contributed by atoms with Gasteiger partial charge in [0.1, 0.15) is 17.5 Å². The molecule has 240 valence electrons. The number of aliphatic carboxylic acids is 1. The van der Waals surface area contributed by atoms with Gasteiger partial charge < -0.3 is 15.2 Å². The van der Waals surface area contributed by atoms with Crippen LogP contribution in [-0.4, -0.2) is 31.4 Å². The minimum absolute atomic E-state index is 0.0266. The Bertz CT molecular complexity index is 2220. The number of amides is 1. The maximum atomic E-state index is 13.5. The molecule has 48 heavy (non-hydrogen) atoms. The normalized spacial score (nSPS) is 11.9. The first-order chi connectivity index (χ1) is 23.2. The van der Waals surface area contributed by atoms with Gasteiger partial charge in [0.2, 0.25) is 0 Å². The van der Waals surface area contributed by atoms with Crippen LogP contribution in [0.3, 0.4) is 0 Å². The number of halogens is 1. The number of nitrogens with one attached hydrogen (secondary N) is 2. The van der Waals surface area contributed by atoms with Crippen LogP contribution in [-0.2, 0) is 21.2 Å². The van der Waals surface area contributed by atoms with Crippen LogP contribution in [0, 0.1) is 0 Å². The van der Waals surface area contributed by atoms with Crippen molar-refractivity contribution in [2.24, 2.45) is 0 Å². The Morgan fingerprint density at radius 1 is 0.771 bits per heavy atom. The first-order valence-electron chi connectivity index (χ1n) is 14.9. The minimum atomic E-state index is -4.15. The van der Waals surface area contributed by atoms with Gasteiger partial charge in [0, 0.05) is 22.4 Å². The second-order valence-corrected chi connectivity index (χ2v) is 13.0. The SMILES string of the molecule is O=C(N[C@@H](Cc1ccc(-c2ccccc2Oc2ccccc2)cc1)C(=O)O)c1cc(Cl)ccc1NS(=O)(=O)c1cccc2ccccc12. The van der Waals surface area contributed by atoms with Crippen molar-refractivity contribution in [3.63, 3.8) is 0 Å². The molecule has 0 aliphatic heterocycles. The monoisotopic (exact) mass is 676 g/mol. The van der Waals surface area contributed by atoms with E-state index < -0.39 is 27.9 Å². The van der Waals surface area contributed by atoms with E-state index in [4.69, 9.17) is 16.3 Å². The summed E-state index contributed by atoms with van der Waals surface area (Å²) in [6.45, 7) is 0. The Hall–Kier alpha value is -5.64. The third-order valence-electron chi connectivity index (χ3n) is 7.68. The van der Waals surface area contributed by atoms with Gasteiger partial charge in [-0.1, -0.05) is 109 Å². The van der Waals surface area contributed by atoms with Crippen molar-refractivity contribution in [2.75, 3.05) is 4.72 Å². The van der Waals surface area contributed by atoms with Crippen molar-refractivity contribution in [2.45, 2.75) is 17.4 Å². The van der Waals surface area contributed by atoms with Gasteiger partial charge in [-0.15, -0.1) is 0 Å². The second kappa shape index (κ2) is 14.0. The number of carbonyl (C=O) groups is 2. The Morgan fingerprint density at radius 2 is 1.46 bits per heavy atom. The maximum Gasteiger partial charge on any atom is 0.326 e. The molecule has 10 heteroatoms. The summed E-state index contributed by atoms with van der Waals surface area (Å²) in [5, 5.41) is 14.0. The number of anilines is 1. The van der Waals surface area contributed by atoms with Crippen molar-refractivity contribution >= 4 is 50.0 Å². The largest absolute Gasteiger partial charge is 0.480 e. The molecule has 0 bridgehead atoms. The fraction of sp³-hybridized carbons (Fsp3) is 0.0526. The second-order valence-electron chi connectivity index (χ2n) is 10.9. The molecule has 0 saturated heterocycles. The zero-order valence-electron chi connectivity index (χ0n) is 25.3. The lowest BCUT2D eigenvalue weighted by atomic mass is 9.99. The standard InChI is InChI=1S/C38H29ClN2O6S/c39-28-21-22-33(41-48(45,46)36-16-8-10-26-9-4-5-14-31(26)36)32(24-28)37(42)40-34(38(43)44)23-25-17-19-27(20-18-25)30-13-6-7-15-35(30)47-29-11-2-1-3-12-29/h1-22,24,34,41H,23H2,(H,40,42)(H,43,44)/t34-/m0/s1. The number of sulfonamides is 1. The predicted molar refractivity (Wildman–Crippen MR) is 187 cm³/mol. The summed E-state index contributed by atoms with van der Waals surface area (Å²) in [5.74, 6) is -0.690. The number of ether oxygens (including phenoxy) is 1. The lowest BCUT2D eigenvalue weighted by molar-refractivity contribution is -0.139. The Kier molecular flexibility index (Phi) is 9.43. The fourth-order valence-electron chi connectivity index (χ4n) is 5.32. The summed E-state index contributed by atoms with van der Waals surface area (Å²) < 4.78 is 35.6. The number of rotatable bonds is 11. The molecular formula is C38H29ClN2O6S. The van der Waals surface area contributed by atoms with E-state index >= 15 is 0 Å². The highest BCUT2D eigenvalue weighted by Crippen LogP contribution is 2.33. The molecule has 0 radical (unpaired) electrons. The van der Waals surface area contributed by atoms with E-state index in [0.717, 1.165) is 16.5 Å². The molecule has 1 atom stereocenters. The molecule has 0 heterocycles. The van der Waals surface area contributed by atoms with Crippen molar-refractivity contribution in [1.82, 2.24) is 5.32 Å². The first kappa shape index (κ1) is 32.3. The van der Waals surface area contributed by atoms with Crippen molar-refractivity contribution in [3.05, 3.63) is 156 Å². The molecule has 0 fully saturated rings. The highest BCUT2D eigenvalue weighted by atomic mass is 35.5. The predicted octanol–water partition coefficient (Wildman–Crippen LogP) is 8.18. The quantitative estimate of drug-likeness (QED) is 0.127. The molecule has 6 rings (SSSR count). The highest BCUT2D eigenvalue weighted by molar-refractivity contribution is 7.93. The maximum absolute atomic E-state index is 13.5. The van der Waals surface area contributed by atoms with E-state index in [-0.39, 0.29) is 27.6 Å². The zero-order chi connectivity index (χ0) is 33.7. The van der Waals surface area contributed by atoms with Crippen LogP contribution in [0.5, 0.6) is 11.5 Å². The fourth-order valence-corrected chi connectivity index (χ4v) is 6.81. The van der Waals surface area contributed by atoms with Gasteiger partial charge in [-0.3, -0.25) is 9.52 Å². The van der Waals surface area contributed by atoms with Crippen LogP contribution in [0.1, 0.15) is 15.9 Å². The van der Waals surface area contributed by atoms with E-state index in [1.807, 2.05) is 72.8 Å². The molecule has 0 unspecified atom stereocenters. The van der Waals surface area contributed by atoms with Crippen LogP contribution in [0.25, 0.3) is 21.9 Å². The van der Waals surface area contributed by atoms with Crippen LogP contribution in [0.4, 0.5) is 5.69 Å². The van der Waals surface area contributed by atoms with Gasteiger partial charge in [0.25, 0.3) is 15.9 Å². The highest BCUT2D eigenvalue weighted by Gasteiger charge is 2.25. The number of carboxylic acid groups (broad SMARTS) is 1. The van der Waals surface area contributed by atoms with E-state index in [1.54, 1.807) is 42.5 Å². The lowest BCUT2D eigenvalue weighted by Gasteiger charge is -2.18. The number of carbonyl (C=O) groups excluding carboxylic acids is 1. The van der Waals surface area contributed by atoms with Gasteiger partial charge >= 0.3 is 5.97 Å².